The Labute approximate surface area is 101 Å². The smallest absolute Gasteiger partial charge is 0.118 e. The Bertz CT molecular complexity index is 511. The van der Waals surface area contributed by atoms with Crippen molar-refractivity contribution in [3.05, 3.63) is 71.8 Å². The van der Waals surface area contributed by atoms with Crippen LogP contribution in [0.2, 0.25) is 0 Å². The first-order chi connectivity index (χ1) is 8.40. The second-order valence-corrected chi connectivity index (χ2v) is 3.61. The monoisotopic (exact) mass is 223 g/mol. The summed E-state index contributed by atoms with van der Waals surface area (Å²) in [6.07, 6.45) is 0. The molecule has 0 amide bonds. The average Bonchev–Trinajstić information content (AvgIpc) is 2.42. The van der Waals surface area contributed by atoms with Crippen molar-refractivity contribution in [2.24, 2.45) is 0 Å². The van der Waals surface area contributed by atoms with Crippen LogP contribution >= 0.6 is 0 Å². The van der Waals surface area contributed by atoms with Gasteiger partial charge in [-0.1, -0.05) is 60.4 Å². The minimum Gasteiger partial charge on any atom is -0.315 e. The Kier molecular flexibility index (Phi) is 3.93. The summed E-state index contributed by atoms with van der Waals surface area (Å²) in [5, 5.41) is 9.10. The van der Waals surface area contributed by atoms with Crippen LogP contribution in [-0.4, -0.2) is 5.21 Å². The molecule has 0 heterocycles. The molecule has 0 saturated carbocycles. The predicted molar refractivity (Wildman–Crippen MR) is 67.4 cm³/mol. The number of hydrogen-bond donors (Lipinski definition) is 2. The highest BCUT2D eigenvalue weighted by Gasteiger charge is 2.04. The van der Waals surface area contributed by atoms with Crippen molar-refractivity contribution in [3.63, 3.8) is 0 Å². The van der Waals surface area contributed by atoms with Gasteiger partial charge in [0.2, 0.25) is 0 Å². The van der Waals surface area contributed by atoms with E-state index >= 15 is 0 Å². The van der Waals surface area contributed by atoms with Crippen molar-refractivity contribution in [1.29, 1.82) is 0 Å². The van der Waals surface area contributed by atoms with E-state index in [4.69, 9.17) is 5.21 Å². The fourth-order valence-electron chi connectivity index (χ4n) is 1.51. The van der Waals surface area contributed by atoms with Gasteiger partial charge in [0.05, 0.1) is 0 Å². The number of hydrogen-bond acceptors (Lipinski definition) is 2. The number of rotatable bonds is 2. The minimum atomic E-state index is -0.364. The molecule has 2 aromatic carbocycles. The number of benzene rings is 2. The van der Waals surface area contributed by atoms with Crippen molar-refractivity contribution in [3.8, 4) is 11.8 Å². The Morgan fingerprint density at radius 2 is 1.47 bits per heavy atom. The Hall–Kier alpha value is -2.08. The Morgan fingerprint density at radius 1 is 0.882 bits per heavy atom. The third kappa shape index (κ3) is 3.18. The third-order valence-electron chi connectivity index (χ3n) is 2.40. The summed E-state index contributed by atoms with van der Waals surface area (Å²) in [5.74, 6) is 6.01. The third-order valence-corrected chi connectivity index (χ3v) is 2.40. The van der Waals surface area contributed by atoms with Gasteiger partial charge in [0.25, 0.3) is 0 Å². The first-order valence-corrected chi connectivity index (χ1v) is 5.41. The first kappa shape index (κ1) is 11.4. The summed E-state index contributed by atoms with van der Waals surface area (Å²) < 4.78 is 0. The summed E-state index contributed by atoms with van der Waals surface area (Å²) in [7, 11) is 0. The Morgan fingerprint density at radius 3 is 2.06 bits per heavy atom. The van der Waals surface area contributed by atoms with E-state index in [0.717, 1.165) is 11.1 Å². The molecule has 0 bridgehead atoms. The van der Waals surface area contributed by atoms with Gasteiger partial charge in [-0.05, 0) is 17.7 Å². The molecular weight excluding hydrogens is 210 g/mol. The SMILES string of the molecule is ON[C@@H](C#Cc1ccccc1)c1ccccc1. The van der Waals surface area contributed by atoms with Gasteiger partial charge in [0.15, 0.2) is 0 Å². The lowest BCUT2D eigenvalue weighted by molar-refractivity contribution is 0.147. The molecule has 17 heavy (non-hydrogen) atoms. The Balaban J connectivity index is 2.20. The molecule has 2 nitrogen and oxygen atoms in total. The van der Waals surface area contributed by atoms with Gasteiger partial charge in [-0.2, -0.15) is 5.48 Å². The van der Waals surface area contributed by atoms with Crippen LogP contribution in [0.1, 0.15) is 17.2 Å². The predicted octanol–water partition coefficient (Wildman–Crippen LogP) is 2.76. The topological polar surface area (TPSA) is 32.3 Å². The van der Waals surface area contributed by atoms with Crippen molar-refractivity contribution in [2.75, 3.05) is 0 Å². The fraction of sp³-hybridized carbons (Fsp3) is 0.0667. The standard InChI is InChI=1S/C15H13NO/c17-16-15(14-9-5-2-6-10-14)12-11-13-7-3-1-4-8-13/h1-10,15-17H/t15-/m0/s1. The van der Waals surface area contributed by atoms with Crippen LogP contribution in [0.4, 0.5) is 0 Å². The van der Waals surface area contributed by atoms with Crippen LogP contribution in [0, 0.1) is 11.8 Å². The maximum absolute atomic E-state index is 9.10. The van der Waals surface area contributed by atoms with E-state index in [1.165, 1.54) is 0 Å². The average molecular weight is 223 g/mol. The van der Waals surface area contributed by atoms with E-state index in [1.54, 1.807) is 0 Å². The van der Waals surface area contributed by atoms with E-state index in [1.807, 2.05) is 60.7 Å². The van der Waals surface area contributed by atoms with Crippen molar-refractivity contribution in [2.45, 2.75) is 6.04 Å². The van der Waals surface area contributed by atoms with Crippen LogP contribution in [-0.2, 0) is 0 Å². The van der Waals surface area contributed by atoms with Crippen molar-refractivity contribution in [1.82, 2.24) is 5.48 Å². The lowest BCUT2D eigenvalue weighted by atomic mass is 10.1. The molecule has 84 valence electrons. The highest BCUT2D eigenvalue weighted by Crippen LogP contribution is 2.10. The molecule has 2 N–H and O–H groups in total. The zero-order valence-corrected chi connectivity index (χ0v) is 9.30. The molecular formula is C15H13NO. The zero-order chi connectivity index (χ0) is 11.9. The molecule has 0 radical (unpaired) electrons. The summed E-state index contributed by atoms with van der Waals surface area (Å²) in [4.78, 5) is 0. The van der Waals surface area contributed by atoms with Gasteiger partial charge in [0.1, 0.15) is 6.04 Å². The van der Waals surface area contributed by atoms with E-state index in [-0.39, 0.29) is 6.04 Å². The molecule has 2 heteroatoms. The normalized spacial score (nSPS) is 11.4. The molecule has 0 unspecified atom stereocenters. The van der Waals surface area contributed by atoms with Crippen LogP contribution in [0.25, 0.3) is 0 Å². The van der Waals surface area contributed by atoms with Crippen LogP contribution in [0.3, 0.4) is 0 Å². The molecule has 0 saturated heterocycles. The van der Waals surface area contributed by atoms with E-state index in [2.05, 4.69) is 17.3 Å². The maximum atomic E-state index is 9.10. The summed E-state index contributed by atoms with van der Waals surface area (Å²) >= 11 is 0. The van der Waals surface area contributed by atoms with Crippen molar-refractivity contribution < 1.29 is 5.21 Å². The molecule has 0 aliphatic carbocycles. The lowest BCUT2D eigenvalue weighted by Crippen LogP contribution is -2.14. The lowest BCUT2D eigenvalue weighted by Gasteiger charge is -2.07. The van der Waals surface area contributed by atoms with Crippen molar-refractivity contribution >= 4 is 0 Å². The largest absolute Gasteiger partial charge is 0.315 e. The minimum absolute atomic E-state index is 0.364. The molecule has 0 aliphatic rings. The maximum Gasteiger partial charge on any atom is 0.118 e. The molecule has 2 rings (SSSR count). The second kappa shape index (κ2) is 5.86. The van der Waals surface area contributed by atoms with Crippen LogP contribution in [0.5, 0.6) is 0 Å². The fourth-order valence-corrected chi connectivity index (χ4v) is 1.51. The van der Waals surface area contributed by atoms with Gasteiger partial charge in [0, 0.05) is 5.56 Å². The number of hydroxylamine groups is 1. The first-order valence-electron chi connectivity index (χ1n) is 5.41. The molecule has 2 aromatic rings. The zero-order valence-electron chi connectivity index (χ0n) is 9.30. The highest BCUT2D eigenvalue weighted by atomic mass is 16.5. The molecule has 0 aliphatic heterocycles. The summed E-state index contributed by atoms with van der Waals surface area (Å²) in [6, 6.07) is 19.0. The summed E-state index contributed by atoms with van der Waals surface area (Å²) in [5.41, 5.74) is 4.09. The second-order valence-electron chi connectivity index (χ2n) is 3.61. The van der Waals surface area contributed by atoms with E-state index < -0.39 is 0 Å². The van der Waals surface area contributed by atoms with Gasteiger partial charge in [-0.15, -0.1) is 0 Å². The van der Waals surface area contributed by atoms with Crippen LogP contribution in [0.15, 0.2) is 60.7 Å². The van der Waals surface area contributed by atoms with E-state index in [9.17, 15) is 0 Å². The van der Waals surface area contributed by atoms with Gasteiger partial charge >= 0.3 is 0 Å². The van der Waals surface area contributed by atoms with Gasteiger partial charge in [-0.3, -0.25) is 0 Å². The highest BCUT2D eigenvalue weighted by molar-refractivity contribution is 5.37. The number of nitrogens with one attached hydrogen (secondary N) is 1. The summed E-state index contributed by atoms with van der Waals surface area (Å²) in [6.45, 7) is 0. The van der Waals surface area contributed by atoms with E-state index in [0.29, 0.717) is 0 Å². The molecule has 1 atom stereocenters. The quantitative estimate of drug-likeness (QED) is 0.606. The molecule has 0 spiro atoms. The van der Waals surface area contributed by atoms with Gasteiger partial charge in [-0.25, -0.2) is 0 Å². The van der Waals surface area contributed by atoms with Gasteiger partial charge < -0.3 is 5.21 Å². The molecule has 0 fully saturated rings. The van der Waals surface area contributed by atoms with Crippen LogP contribution < -0.4 is 5.48 Å². The molecule has 0 aromatic heterocycles.